The molecule has 270 valence electrons. The number of allylic oxidation sites excluding steroid dienone is 2. The SMILES string of the molecule is C1=CC(C2N=C(c3ccccc3)N=C(c3ccc4c(c3)sc3ccc(-c5cccc6c5sc5c(-n7c8ccccc8c8ccccc87)cccc56)cc34)N2)=CCC1. The first kappa shape index (κ1) is 32.6. The molecule has 4 heterocycles. The number of nitrogens with zero attached hydrogens (tertiary/aromatic N) is 3. The smallest absolute Gasteiger partial charge is 0.159 e. The van der Waals surface area contributed by atoms with Crippen LogP contribution in [0, 0.1) is 0 Å². The van der Waals surface area contributed by atoms with Crippen molar-refractivity contribution in [1.29, 1.82) is 0 Å². The third-order valence-electron chi connectivity index (χ3n) is 11.5. The lowest BCUT2D eigenvalue weighted by molar-refractivity contribution is 0.721. The van der Waals surface area contributed by atoms with Gasteiger partial charge in [-0.2, -0.15) is 0 Å². The zero-order chi connectivity index (χ0) is 37.5. The Balaban J connectivity index is 0.961. The van der Waals surface area contributed by atoms with Crippen molar-refractivity contribution in [2.45, 2.75) is 19.0 Å². The van der Waals surface area contributed by atoms with Gasteiger partial charge in [-0.1, -0.05) is 133 Å². The van der Waals surface area contributed by atoms with E-state index in [9.17, 15) is 0 Å². The molecule has 0 amide bonds. The molecule has 7 aromatic carbocycles. The van der Waals surface area contributed by atoms with Crippen LogP contribution in [0.15, 0.2) is 185 Å². The highest BCUT2D eigenvalue weighted by molar-refractivity contribution is 7.27. The average Bonchev–Trinajstić information content (AvgIpc) is 3.96. The fraction of sp³-hybridized carbons (Fsp3) is 0.0588. The predicted molar refractivity (Wildman–Crippen MR) is 245 cm³/mol. The lowest BCUT2D eigenvalue weighted by Gasteiger charge is -2.25. The molecule has 0 fully saturated rings. The zero-order valence-corrected chi connectivity index (χ0v) is 32.4. The van der Waals surface area contributed by atoms with Crippen molar-refractivity contribution in [3.05, 3.63) is 187 Å². The third-order valence-corrected chi connectivity index (χ3v) is 13.9. The Kier molecular flexibility index (Phi) is 7.43. The minimum atomic E-state index is -0.181. The van der Waals surface area contributed by atoms with Crippen LogP contribution >= 0.6 is 22.7 Å². The summed E-state index contributed by atoms with van der Waals surface area (Å²) in [6.45, 7) is 0. The number of rotatable bonds is 5. The van der Waals surface area contributed by atoms with E-state index in [-0.39, 0.29) is 6.17 Å². The molecule has 6 heteroatoms. The van der Waals surface area contributed by atoms with Crippen LogP contribution in [0.2, 0.25) is 0 Å². The summed E-state index contributed by atoms with van der Waals surface area (Å²) in [6.07, 6.45) is 8.66. The van der Waals surface area contributed by atoms with Crippen molar-refractivity contribution >= 4 is 96.5 Å². The summed E-state index contributed by atoms with van der Waals surface area (Å²) in [7, 11) is 0. The molecular weight excluding hydrogens is 733 g/mol. The van der Waals surface area contributed by atoms with Crippen LogP contribution in [-0.2, 0) is 0 Å². The minimum absolute atomic E-state index is 0.181. The Labute approximate surface area is 337 Å². The van der Waals surface area contributed by atoms with Crippen molar-refractivity contribution in [3.63, 3.8) is 0 Å². The van der Waals surface area contributed by atoms with E-state index < -0.39 is 0 Å². The first-order chi connectivity index (χ1) is 28.2. The summed E-state index contributed by atoms with van der Waals surface area (Å²) in [5.74, 6) is 1.61. The van der Waals surface area contributed by atoms with Gasteiger partial charge in [0.1, 0.15) is 12.0 Å². The second-order valence-corrected chi connectivity index (χ2v) is 16.9. The van der Waals surface area contributed by atoms with Gasteiger partial charge in [0.2, 0.25) is 0 Å². The molecule has 10 aromatic rings. The van der Waals surface area contributed by atoms with Crippen molar-refractivity contribution < 1.29 is 0 Å². The highest BCUT2D eigenvalue weighted by atomic mass is 32.1. The van der Waals surface area contributed by atoms with Crippen LogP contribution in [-0.4, -0.2) is 22.4 Å². The number of hydrogen-bond acceptors (Lipinski definition) is 5. The Hall–Kier alpha value is -6.60. The molecule has 0 spiro atoms. The number of hydrogen-bond donors (Lipinski definition) is 1. The molecule has 0 radical (unpaired) electrons. The molecule has 0 saturated carbocycles. The van der Waals surface area contributed by atoms with Gasteiger partial charge in [-0.05, 0) is 65.9 Å². The predicted octanol–water partition coefficient (Wildman–Crippen LogP) is 13.6. The van der Waals surface area contributed by atoms with Crippen LogP contribution in [0.3, 0.4) is 0 Å². The lowest BCUT2D eigenvalue weighted by atomic mass is 10.00. The molecule has 1 aliphatic heterocycles. The van der Waals surface area contributed by atoms with Gasteiger partial charge >= 0.3 is 0 Å². The summed E-state index contributed by atoms with van der Waals surface area (Å²) < 4.78 is 7.60. The van der Waals surface area contributed by atoms with E-state index in [1.807, 2.05) is 40.9 Å². The van der Waals surface area contributed by atoms with Gasteiger partial charge in [-0.3, -0.25) is 0 Å². The molecule has 12 rings (SSSR count). The van der Waals surface area contributed by atoms with Crippen LogP contribution in [0.25, 0.3) is 79.0 Å². The summed E-state index contributed by atoms with van der Waals surface area (Å²) in [5, 5.41) is 11.4. The topological polar surface area (TPSA) is 41.7 Å². The zero-order valence-electron chi connectivity index (χ0n) is 30.8. The first-order valence-electron chi connectivity index (χ1n) is 19.5. The second kappa shape index (κ2) is 13.0. The molecule has 0 bridgehead atoms. The molecule has 1 N–H and O–H groups in total. The third kappa shape index (κ3) is 5.25. The summed E-state index contributed by atoms with van der Waals surface area (Å²) in [5.41, 5.74) is 9.48. The van der Waals surface area contributed by atoms with E-state index in [1.165, 1.54) is 84.5 Å². The number of thiophene rings is 2. The lowest BCUT2D eigenvalue weighted by Crippen LogP contribution is -2.40. The van der Waals surface area contributed by atoms with Gasteiger partial charge in [-0.25, -0.2) is 9.98 Å². The van der Waals surface area contributed by atoms with E-state index >= 15 is 0 Å². The van der Waals surface area contributed by atoms with E-state index in [4.69, 9.17) is 9.98 Å². The fourth-order valence-electron chi connectivity index (χ4n) is 8.80. The number of aliphatic imine (C=N–C) groups is 2. The second-order valence-electron chi connectivity index (χ2n) is 14.8. The molecule has 3 aromatic heterocycles. The fourth-order valence-corrected chi connectivity index (χ4v) is 11.3. The van der Waals surface area contributed by atoms with Crippen molar-refractivity contribution in [2.24, 2.45) is 9.98 Å². The van der Waals surface area contributed by atoms with Gasteiger partial charge in [0.05, 0.1) is 21.4 Å². The maximum Gasteiger partial charge on any atom is 0.159 e. The highest BCUT2D eigenvalue weighted by Crippen LogP contribution is 2.45. The van der Waals surface area contributed by atoms with Gasteiger partial charge in [0.25, 0.3) is 0 Å². The number of para-hydroxylation sites is 2. The average molecular weight is 767 g/mol. The van der Waals surface area contributed by atoms with E-state index in [1.54, 1.807) is 0 Å². The normalized spacial score (nSPS) is 15.8. The van der Waals surface area contributed by atoms with E-state index in [2.05, 4.69) is 162 Å². The Morgan fingerprint density at radius 2 is 1.28 bits per heavy atom. The summed E-state index contributed by atoms with van der Waals surface area (Å²) in [4.78, 5) is 10.2. The molecule has 57 heavy (non-hydrogen) atoms. The monoisotopic (exact) mass is 766 g/mol. The maximum atomic E-state index is 5.09. The van der Waals surface area contributed by atoms with Crippen molar-refractivity contribution in [3.8, 4) is 16.8 Å². The van der Waals surface area contributed by atoms with Gasteiger partial charge < -0.3 is 9.88 Å². The molecule has 0 saturated heterocycles. The van der Waals surface area contributed by atoms with Crippen LogP contribution in [0.4, 0.5) is 0 Å². The molecule has 4 nitrogen and oxygen atoms in total. The largest absolute Gasteiger partial charge is 0.344 e. The number of amidine groups is 2. The standard InChI is InChI=1S/C51H34N4S2/c1-3-13-31(14-4-1)49-52-50(32-15-5-2-6-16-32)54-51(53-49)34-25-27-38-41-29-33(26-28-45(41)56-46(38)30-34)35-19-11-20-39-40-21-12-24-44(48(40)57-47(35)39)55-42-22-9-7-17-36(42)37-18-8-10-23-43(37)55/h1,3-5,7-30,50H,2,6H2,(H,52,53,54). The van der Waals surface area contributed by atoms with Crippen LogP contribution in [0.5, 0.6) is 0 Å². The van der Waals surface area contributed by atoms with Gasteiger partial charge in [0.15, 0.2) is 5.84 Å². The molecule has 1 atom stereocenters. The highest BCUT2D eigenvalue weighted by Gasteiger charge is 2.23. The molecule has 2 aliphatic rings. The van der Waals surface area contributed by atoms with Crippen LogP contribution < -0.4 is 5.32 Å². The van der Waals surface area contributed by atoms with Crippen LogP contribution in [0.1, 0.15) is 24.0 Å². The first-order valence-corrected chi connectivity index (χ1v) is 21.1. The van der Waals surface area contributed by atoms with E-state index in [0.717, 1.165) is 35.6 Å². The Morgan fingerprint density at radius 3 is 2.09 bits per heavy atom. The molecule has 1 unspecified atom stereocenters. The summed E-state index contributed by atoms with van der Waals surface area (Å²) in [6, 6.07) is 55.2. The number of fused-ring (bicyclic) bond motifs is 9. The van der Waals surface area contributed by atoms with E-state index in [0.29, 0.717) is 0 Å². The van der Waals surface area contributed by atoms with Crippen molar-refractivity contribution in [1.82, 2.24) is 9.88 Å². The Bertz CT molecular complexity index is 3340. The number of benzene rings is 7. The Morgan fingerprint density at radius 1 is 0.544 bits per heavy atom. The van der Waals surface area contributed by atoms with Gasteiger partial charge in [-0.15, -0.1) is 22.7 Å². The number of aromatic nitrogens is 1. The summed E-state index contributed by atoms with van der Waals surface area (Å²) >= 11 is 3.75. The molecular formula is C51H34N4S2. The number of nitrogens with one attached hydrogen (secondary N) is 1. The maximum absolute atomic E-state index is 5.09. The quantitative estimate of drug-likeness (QED) is 0.186. The van der Waals surface area contributed by atoms with Gasteiger partial charge in [0, 0.05) is 57.5 Å². The minimum Gasteiger partial charge on any atom is -0.344 e. The molecule has 1 aliphatic carbocycles. The van der Waals surface area contributed by atoms with Crippen molar-refractivity contribution in [2.75, 3.05) is 0 Å².